The van der Waals surface area contributed by atoms with E-state index < -0.39 is 0 Å². The average molecular weight is 387 g/mol. The van der Waals surface area contributed by atoms with Gasteiger partial charge in [-0.2, -0.15) is 5.10 Å². The molecule has 2 aromatic carbocycles. The molecule has 3 aromatic rings. The average Bonchev–Trinajstić information content (AvgIpc) is 3.37. The van der Waals surface area contributed by atoms with Crippen molar-refractivity contribution < 1.29 is 14.0 Å². The van der Waals surface area contributed by atoms with Crippen LogP contribution in [0.2, 0.25) is 0 Å². The summed E-state index contributed by atoms with van der Waals surface area (Å²) in [6, 6.07) is 20.6. The third kappa shape index (κ3) is 4.43. The Hall–Kier alpha value is -3.67. The van der Waals surface area contributed by atoms with Crippen LogP contribution >= 0.6 is 0 Å². The van der Waals surface area contributed by atoms with Gasteiger partial charge in [0.05, 0.1) is 12.0 Å². The van der Waals surface area contributed by atoms with Crippen molar-refractivity contribution in [3.8, 4) is 0 Å². The summed E-state index contributed by atoms with van der Waals surface area (Å²) in [6.45, 7) is 1.83. The lowest BCUT2D eigenvalue weighted by Crippen LogP contribution is -2.21. The molecule has 1 fully saturated rings. The number of hydrogen-bond acceptors (Lipinski definition) is 4. The van der Waals surface area contributed by atoms with Gasteiger partial charge in [-0.15, -0.1) is 0 Å². The zero-order valence-electron chi connectivity index (χ0n) is 16.0. The van der Waals surface area contributed by atoms with Crippen LogP contribution < -0.4 is 10.7 Å². The van der Waals surface area contributed by atoms with Crippen LogP contribution in [0.3, 0.4) is 0 Å². The van der Waals surface area contributed by atoms with Gasteiger partial charge in [0, 0.05) is 11.6 Å². The molecule has 6 nitrogen and oxygen atoms in total. The number of anilines is 1. The molecule has 146 valence electrons. The summed E-state index contributed by atoms with van der Waals surface area (Å²) < 4.78 is 5.07. The molecule has 4 rings (SSSR count). The molecular formula is C23H21N3O3. The number of rotatable bonds is 6. The van der Waals surface area contributed by atoms with Crippen molar-refractivity contribution in [3.05, 3.63) is 89.9 Å². The quantitative estimate of drug-likeness (QED) is 0.492. The number of hydrogen-bond donors (Lipinski definition) is 2. The molecule has 0 spiro atoms. The first kappa shape index (κ1) is 18.7. The highest BCUT2D eigenvalue weighted by Crippen LogP contribution is 2.47. The first-order chi connectivity index (χ1) is 14.1. The van der Waals surface area contributed by atoms with Gasteiger partial charge in [0.15, 0.2) is 5.76 Å². The van der Waals surface area contributed by atoms with Gasteiger partial charge in [-0.25, -0.2) is 5.43 Å². The van der Waals surface area contributed by atoms with E-state index in [1.807, 2.05) is 37.3 Å². The fourth-order valence-corrected chi connectivity index (χ4v) is 3.24. The molecule has 1 aliphatic rings. The molecule has 1 aromatic heterocycles. The van der Waals surface area contributed by atoms with Crippen LogP contribution in [-0.2, 0) is 4.79 Å². The molecule has 2 amide bonds. The SMILES string of the molecule is C/C(=N\NC(=O)[C@@H]1C[C@H]1c1ccccc1)c1ccc(NC(=O)c2ccco2)cc1. The Labute approximate surface area is 168 Å². The third-order valence-corrected chi connectivity index (χ3v) is 4.99. The number of carbonyl (C=O) groups excluding carboxylic acids is 2. The molecule has 1 heterocycles. The van der Waals surface area contributed by atoms with Gasteiger partial charge in [-0.1, -0.05) is 42.5 Å². The van der Waals surface area contributed by atoms with E-state index in [2.05, 4.69) is 28.0 Å². The maximum absolute atomic E-state index is 12.3. The van der Waals surface area contributed by atoms with E-state index in [0.717, 1.165) is 12.0 Å². The molecule has 0 bridgehead atoms. The third-order valence-electron chi connectivity index (χ3n) is 4.99. The van der Waals surface area contributed by atoms with Crippen molar-refractivity contribution in [2.75, 3.05) is 5.32 Å². The van der Waals surface area contributed by atoms with Crippen LogP contribution in [0.15, 0.2) is 82.5 Å². The Kier molecular flexibility index (Phi) is 5.24. The van der Waals surface area contributed by atoms with Crippen LogP contribution in [-0.4, -0.2) is 17.5 Å². The summed E-state index contributed by atoms with van der Waals surface area (Å²) >= 11 is 0. The summed E-state index contributed by atoms with van der Waals surface area (Å²) in [5, 5.41) is 6.99. The maximum Gasteiger partial charge on any atom is 0.291 e. The molecule has 6 heteroatoms. The Bertz CT molecular complexity index is 1020. The summed E-state index contributed by atoms with van der Waals surface area (Å²) in [4.78, 5) is 24.3. The van der Waals surface area contributed by atoms with E-state index in [4.69, 9.17) is 4.42 Å². The van der Waals surface area contributed by atoms with Crippen molar-refractivity contribution in [2.24, 2.45) is 11.0 Å². The smallest absolute Gasteiger partial charge is 0.291 e. The monoisotopic (exact) mass is 387 g/mol. The lowest BCUT2D eigenvalue weighted by Gasteiger charge is -2.06. The second-order valence-electron chi connectivity index (χ2n) is 7.04. The highest BCUT2D eigenvalue weighted by Gasteiger charge is 2.43. The number of nitrogens with one attached hydrogen (secondary N) is 2. The van der Waals surface area contributed by atoms with Crippen molar-refractivity contribution >= 4 is 23.2 Å². The van der Waals surface area contributed by atoms with Crippen molar-refractivity contribution in [2.45, 2.75) is 19.3 Å². The Morgan fingerprint density at radius 1 is 1.00 bits per heavy atom. The summed E-state index contributed by atoms with van der Waals surface area (Å²) in [7, 11) is 0. The lowest BCUT2D eigenvalue weighted by molar-refractivity contribution is -0.122. The Morgan fingerprint density at radius 2 is 1.76 bits per heavy atom. The standard InChI is InChI=1S/C23H21N3O3/c1-15(25-26-22(27)20-14-19(20)17-6-3-2-4-7-17)16-9-11-18(12-10-16)24-23(28)21-8-5-13-29-21/h2-13,19-20H,14H2,1H3,(H,24,28)(H,26,27)/b25-15+/t19-,20+/m0/s1. The Balaban J connectivity index is 1.32. The van der Waals surface area contributed by atoms with Gasteiger partial charge in [-0.05, 0) is 54.7 Å². The van der Waals surface area contributed by atoms with E-state index in [0.29, 0.717) is 11.4 Å². The maximum atomic E-state index is 12.3. The van der Waals surface area contributed by atoms with Crippen LogP contribution in [0.25, 0.3) is 0 Å². The summed E-state index contributed by atoms with van der Waals surface area (Å²) in [5.74, 6) is 0.152. The predicted octanol–water partition coefficient (Wildman–Crippen LogP) is 4.18. The fourth-order valence-electron chi connectivity index (χ4n) is 3.24. The number of benzene rings is 2. The zero-order chi connectivity index (χ0) is 20.2. The van der Waals surface area contributed by atoms with Gasteiger partial charge >= 0.3 is 0 Å². The number of amides is 2. The van der Waals surface area contributed by atoms with E-state index in [1.165, 1.54) is 11.8 Å². The minimum atomic E-state index is -0.308. The predicted molar refractivity (Wildman–Crippen MR) is 111 cm³/mol. The normalized spacial score (nSPS) is 18.2. The van der Waals surface area contributed by atoms with E-state index in [-0.39, 0.29) is 29.4 Å². The lowest BCUT2D eigenvalue weighted by atomic mass is 10.1. The fraction of sp³-hybridized carbons (Fsp3) is 0.174. The number of furan rings is 1. The van der Waals surface area contributed by atoms with E-state index >= 15 is 0 Å². The van der Waals surface area contributed by atoms with E-state index in [1.54, 1.807) is 24.3 Å². The van der Waals surface area contributed by atoms with Crippen LogP contribution in [0.5, 0.6) is 0 Å². The van der Waals surface area contributed by atoms with Gasteiger partial charge in [0.2, 0.25) is 5.91 Å². The van der Waals surface area contributed by atoms with Crippen LogP contribution in [0, 0.1) is 5.92 Å². The first-order valence-electron chi connectivity index (χ1n) is 9.46. The molecule has 29 heavy (non-hydrogen) atoms. The molecule has 0 radical (unpaired) electrons. The summed E-state index contributed by atoms with van der Waals surface area (Å²) in [5.41, 5.74) is 6.07. The molecule has 2 atom stereocenters. The van der Waals surface area contributed by atoms with Crippen LogP contribution in [0.4, 0.5) is 5.69 Å². The molecule has 0 unspecified atom stereocenters. The minimum Gasteiger partial charge on any atom is -0.459 e. The zero-order valence-corrected chi connectivity index (χ0v) is 16.0. The van der Waals surface area contributed by atoms with Gasteiger partial charge < -0.3 is 9.73 Å². The van der Waals surface area contributed by atoms with E-state index in [9.17, 15) is 9.59 Å². The molecular weight excluding hydrogens is 366 g/mol. The topological polar surface area (TPSA) is 83.7 Å². The van der Waals surface area contributed by atoms with Gasteiger partial charge in [0.25, 0.3) is 5.91 Å². The van der Waals surface area contributed by atoms with Crippen molar-refractivity contribution in [1.29, 1.82) is 0 Å². The second kappa shape index (κ2) is 8.14. The molecule has 0 aliphatic heterocycles. The molecule has 2 N–H and O–H groups in total. The Morgan fingerprint density at radius 3 is 2.45 bits per heavy atom. The minimum absolute atomic E-state index is 0.0202. The van der Waals surface area contributed by atoms with Crippen molar-refractivity contribution in [3.63, 3.8) is 0 Å². The van der Waals surface area contributed by atoms with Crippen molar-refractivity contribution in [1.82, 2.24) is 5.43 Å². The molecule has 0 saturated heterocycles. The van der Waals surface area contributed by atoms with Crippen LogP contribution in [0.1, 0.15) is 40.9 Å². The summed E-state index contributed by atoms with van der Waals surface area (Å²) in [6.07, 6.45) is 2.31. The first-order valence-corrected chi connectivity index (χ1v) is 9.46. The number of carbonyl (C=O) groups is 2. The number of nitrogens with zero attached hydrogens (tertiary/aromatic N) is 1. The van der Waals surface area contributed by atoms with Gasteiger partial charge in [0.1, 0.15) is 0 Å². The highest BCUT2D eigenvalue weighted by molar-refractivity contribution is 6.03. The second-order valence-corrected chi connectivity index (χ2v) is 7.04. The largest absolute Gasteiger partial charge is 0.459 e. The van der Waals surface area contributed by atoms with Gasteiger partial charge in [-0.3, -0.25) is 9.59 Å². The molecule has 1 saturated carbocycles. The number of hydrazone groups is 1. The highest BCUT2D eigenvalue weighted by atomic mass is 16.3. The molecule has 1 aliphatic carbocycles.